The zero-order chi connectivity index (χ0) is 10.2. The normalized spacial score (nSPS) is 14.1. The summed E-state index contributed by atoms with van der Waals surface area (Å²) in [6.07, 6.45) is 8.35. The van der Waals surface area contributed by atoms with Gasteiger partial charge in [0.25, 0.3) is 0 Å². The second-order valence-corrected chi connectivity index (χ2v) is 3.01. The Morgan fingerprint density at radius 1 is 1.64 bits per heavy atom. The Kier molecular flexibility index (Phi) is 4.72. The van der Waals surface area contributed by atoms with Crippen LogP contribution in [0, 0.1) is 0 Å². The van der Waals surface area contributed by atoms with E-state index in [1.807, 2.05) is 24.3 Å². The van der Waals surface area contributed by atoms with Gasteiger partial charge in [-0.05, 0) is 18.6 Å². The van der Waals surface area contributed by atoms with Gasteiger partial charge in [-0.25, -0.2) is 0 Å². The van der Waals surface area contributed by atoms with E-state index in [-0.39, 0.29) is 6.04 Å². The first-order valence-corrected chi connectivity index (χ1v) is 4.78. The highest BCUT2D eigenvalue weighted by Crippen LogP contribution is 1.95. The average Bonchev–Trinajstić information content (AvgIpc) is 2.67. The Morgan fingerprint density at radius 3 is 3.14 bits per heavy atom. The second-order valence-electron chi connectivity index (χ2n) is 3.01. The standard InChI is InChI=1S/C11H16N2O/c1-2-3-5-10(12)8-13-9-11-6-4-7-14-11/h3-7,9-10H,2,8,12H2,1H3/b5-3-,13-9?. The average molecular weight is 192 g/mol. The maximum atomic E-state index is 5.77. The van der Waals surface area contributed by atoms with Crippen LogP contribution >= 0.6 is 0 Å². The summed E-state index contributed by atoms with van der Waals surface area (Å²) in [6.45, 7) is 2.67. The van der Waals surface area contributed by atoms with Gasteiger partial charge < -0.3 is 10.2 Å². The first kappa shape index (κ1) is 10.7. The summed E-state index contributed by atoms with van der Waals surface area (Å²) >= 11 is 0. The Morgan fingerprint density at radius 2 is 2.50 bits per heavy atom. The van der Waals surface area contributed by atoms with Crippen LogP contribution in [0.1, 0.15) is 19.1 Å². The van der Waals surface area contributed by atoms with E-state index in [9.17, 15) is 0 Å². The summed E-state index contributed by atoms with van der Waals surface area (Å²) in [5.74, 6) is 0.761. The van der Waals surface area contributed by atoms with Crippen LogP contribution in [-0.2, 0) is 0 Å². The lowest BCUT2D eigenvalue weighted by atomic mass is 10.2. The van der Waals surface area contributed by atoms with E-state index in [4.69, 9.17) is 10.2 Å². The molecule has 3 nitrogen and oxygen atoms in total. The van der Waals surface area contributed by atoms with Gasteiger partial charge in [-0.1, -0.05) is 19.1 Å². The zero-order valence-electron chi connectivity index (χ0n) is 8.39. The van der Waals surface area contributed by atoms with Gasteiger partial charge in [0, 0.05) is 6.04 Å². The molecule has 1 unspecified atom stereocenters. The molecule has 0 aliphatic rings. The molecule has 1 rings (SSSR count). The van der Waals surface area contributed by atoms with Crippen molar-refractivity contribution < 1.29 is 4.42 Å². The van der Waals surface area contributed by atoms with E-state index in [1.165, 1.54) is 0 Å². The number of furan rings is 1. The number of hydrogen-bond acceptors (Lipinski definition) is 3. The maximum Gasteiger partial charge on any atom is 0.144 e. The lowest BCUT2D eigenvalue weighted by Gasteiger charge is -1.99. The van der Waals surface area contributed by atoms with E-state index < -0.39 is 0 Å². The van der Waals surface area contributed by atoms with Crippen LogP contribution in [0.3, 0.4) is 0 Å². The molecule has 0 spiro atoms. The summed E-state index contributed by atoms with van der Waals surface area (Å²) in [4.78, 5) is 4.17. The van der Waals surface area contributed by atoms with Crippen molar-refractivity contribution in [1.29, 1.82) is 0 Å². The predicted molar refractivity (Wildman–Crippen MR) is 58.6 cm³/mol. The highest BCUT2D eigenvalue weighted by molar-refractivity contribution is 5.75. The van der Waals surface area contributed by atoms with Crippen LogP contribution in [0.5, 0.6) is 0 Å². The monoisotopic (exact) mass is 192 g/mol. The minimum absolute atomic E-state index is 0.00108. The molecular formula is C11H16N2O. The van der Waals surface area contributed by atoms with Gasteiger partial charge in [0.1, 0.15) is 5.76 Å². The molecule has 3 heteroatoms. The Labute approximate surface area is 84.3 Å². The van der Waals surface area contributed by atoms with E-state index >= 15 is 0 Å². The molecule has 1 aromatic heterocycles. The molecule has 0 amide bonds. The molecule has 0 aliphatic carbocycles. The van der Waals surface area contributed by atoms with Gasteiger partial charge in [-0.3, -0.25) is 4.99 Å². The van der Waals surface area contributed by atoms with Crippen molar-refractivity contribution in [2.75, 3.05) is 6.54 Å². The van der Waals surface area contributed by atoms with Crippen LogP contribution in [0.4, 0.5) is 0 Å². The molecule has 0 aliphatic heterocycles. The lowest BCUT2D eigenvalue weighted by molar-refractivity contribution is 0.560. The second kappa shape index (κ2) is 6.16. The fourth-order valence-electron chi connectivity index (χ4n) is 1.00. The van der Waals surface area contributed by atoms with E-state index in [2.05, 4.69) is 11.9 Å². The fraction of sp³-hybridized carbons (Fsp3) is 0.364. The third kappa shape index (κ3) is 4.05. The van der Waals surface area contributed by atoms with Crippen molar-refractivity contribution >= 4 is 6.21 Å². The molecule has 0 fully saturated rings. The van der Waals surface area contributed by atoms with Gasteiger partial charge in [0.05, 0.1) is 19.0 Å². The molecule has 0 saturated heterocycles. The number of aliphatic imine (C=N–C) groups is 1. The summed E-state index contributed by atoms with van der Waals surface area (Å²) in [6, 6.07) is 3.69. The van der Waals surface area contributed by atoms with Crippen LogP contribution in [0.25, 0.3) is 0 Å². The molecule has 14 heavy (non-hydrogen) atoms. The highest BCUT2D eigenvalue weighted by atomic mass is 16.3. The van der Waals surface area contributed by atoms with Gasteiger partial charge in [0.2, 0.25) is 0 Å². The number of hydrogen-bond donors (Lipinski definition) is 1. The highest BCUT2D eigenvalue weighted by Gasteiger charge is 1.93. The van der Waals surface area contributed by atoms with E-state index in [0.717, 1.165) is 12.2 Å². The molecule has 1 aromatic rings. The summed E-state index contributed by atoms with van der Waals surface area (Å²) < 4.78 is 5.09. The Balaban J connectivity index is 2.29. The Hall–Kier alpha value is -1.35. The van der Waals surface area contributed by atoms with E-state index in [1.54, 1.807) is 12.5 Å². The van der Waals surface area contributed by atoms with Crippen molar-refractivity contribution in [2.24, 2.45) is 10.7 Å². The van der Waals surface area contributed by atoms with Crippen molar-refractivity contribution in [2.45, 2.75) is 19.4 Å². The minimum Gasteiger partial charge on any atom is -0.463 e. The van der Waals surface area contributed by atoms with Crippen LogP contribution < -0.4 is 5.73 Å². The van der Waals surface area contributed by atoms with E-state index in [0.29, 0.717) is 6.54 Å². The summed E-state index contributed by atoms with van der Waals surface area (Å²) in [5, 5.41) is 0. The van der Waals surface area contributed by atoms with Crippen LogP contribution in [0.15, 0.2) is 40.0 Å². The summed E-state index contributed by atoms with van der Waals surface area (Å²) in [7, 11) is 0. The van der Waals surface area contributed by atoms with Crippen LogP contribution in [0.2, 0.25) is 0 Å². The number of allylic oxidation sites excluding steroid dienone is 1. The molecule has 0 radical (unpaired) electrons. The lowest BCUT2D eigenvalue weighted by Crippen LogP contribution is -2.20. The molecule has 76 valence electrons. The van der Waals surface area contributed by atoms with Crippen molar-refractivity contribution in [1.82, 2.24) is 0 Å². The fourth-order valence-corrected chi connectivity index (χ4v) is 1.00. The van der Waals surface area contributed by atoms with Crippen molar-refractivity contribution in [3.63, 3.8) is 0 Å². The third-order valence-electron chi connectivity index (χ3n) is 1.70. The van der Waals surface area contributed by atoms with Crippen molar-refractivity contribution in [3.05, 3.63) is 36.3 Å². The van der Waals surface area contributed by atoms with Gasteiger partial charge in [-0.2, -0.15) is 0 Å². The third-order valence-corrected chi connectivity index (χ3v) is 1.70. The molecular weight excluding hydrogens is 176 g/mol. The quantitative estimate of drug-likeness (QED) is 0.573. The molecule has 2 N–H and O–H groups in total. The van der Waals surface area contributed by atoms with Gasteiger partial charge in [0.15, 0.2) is 0 Å². The first-order chi connectivity index (χ1) is 6.83. The van der Waals surface area contributed by atoms with Crippen LogP contribution in [-0.4, -0.2) is 18.8 Å². The summed E-state index contributed by atoms with van der Waals surface area (Å²) in [5.41, 5.74) is 5.77. The topological polar surface area (TPSA) is 51.5 Å². The molecule has 1 heterocycles. The molecule has 0 bridgehead atoms. The SMILES string of the molecule is CC/C=C\C(N)CN=Cc1ccco1. The number of nitrogens with two attached hydrogens (primary N) is 1. The number of rotatable bonds is 5. The predicted octanol–water partition coefficient (Wildman–Crippen LogP) is 1.99. The zero-order valence-corrected chi connectivity index (χ0v) is 8.39. The molecule has 1 atom stereocenters. The van der Waals surface area contributed by atoms with Gasteiger partial charge in [-0.15, -0.1) is 0 Å². The van der Waals surface area contributed by atoms with Crippen molar-refractivity contribution in [3.8, 4) is 0 Å². The minimum atomic E-state index is 0.00108. The largest absolute Gasteiger partial charge is 0.463 e. The Bertz CT molecular complexity index is 288. The maximum absolute atomic E-state index is 5.77. The number of nitrogens with zero attached hydrogens (tertiary/aromatic N) is 1. The molecule has 0 aromatic carbocycles. The van der Waals surface area contributed by atoms with Gasteiger partial charge >= 0.3 is 0 Å². The smallest absolute Gasteiger partial charge is 0.144 e. The molecule has 0 saturated carbocycles. The first-order valence-electron chi connectivity index (χ1n) is 4.78.